The molecule has 0 amide bonds. The first kappa shape index (κ1) is 14.0. The molecule has 0 unspecified atom stereocenters. The minimum absolute atomic E-state index is 0.000976. The summed E-state index contributed by atoms with van der Waals surface area (Å²) in [5.41, 5.74) is 0. The first-order valence-electron chi connectivity index (χ1n) is 5.08. The molecule has 0 bridgehead atoms. The van der Waals surface area contributed by atoms with Crippen LogP contribution >= 0.6 is 23.8 Å². The van der Waals surface area contributed by atoms with E-state index in [9.17, 15) is 8.42 Å². The van der Waals surface area contributed by atoms with Crippen molar-refractivity contribution in [2.45, 2.75) is 25.3 Å². The Hall–Kier alpha value is -0.0700. The van der Waals surface area contributed by atoms with Crippen LogP contribution in [0, 0.1) is 5.92 Å². The first-order valence-corrected chi connectivity index (χ1v) is 7.74. The van der Waals surface area contributed by atoms with Gasteiger partial charge in [0.1, 0.15) is 0 Å². The Labute approximate surface area is 107 Å². The van der Waals surface area contributed by atoms with E-state index in [1.54, 1.807) is 0 Å². The van der Waals surface area contributed by atoms with Gasteiger partial charge in [-0.1, -0.05) is 13.8 Å². The van der Waals surface area contributed by atoms with Crippen LogP contribution in [0.25, 0.3) is 0 Å². The third-order valence-corrected chi connectivity index (χ3v) is 4.75. The number of sulfone groups is 1. The average molecular weight is 286 g/mol. The van der Waals surface area contributed by atoms with Gasteiger partial charge in [0.2, 0.25) is 0 Å². The summed E-state index contributed by atoms with van der Waals surface area (Å²) in [5.74, 6) is 0.393. The second kappa shape index (κ2) is 5.51. The Bertz CT molecular complexity index is 356. The number of nitrogens with one attached hydrogen (secondary N) is 1. The number of ether oxygens (including phenoxy) is 1. The van der Waals surface area contributed by atoms with Gasteiger partial charge in [-0.25, -0.2) is 8.42 Å². The normalized spacial score (nSPS) is 28.0. The van der Waals surface area contributed by atoms with Crippen LogP contribution in [0.1, 0.15) is 13.8 Å². The molecule has 0 aromatic heterocycles. The average Bonchev–Trinajstić information content (AvgIpc) is 2.36. The SMILES string of the molecule is CC(C)COC(=S)N[C@@H]1CS(=O)(=O)C[C@@H]1Cl. The molecule has 0 saturated carbocycles. The van der Waals surface area contributed by atoms with Crippen LogP contribution in [-0.4, -0.2) is 43.1 Å². The van der Waals surface area contributed by atoms with Crippen LogP contribution in [0.2, 0.25) is 0 Å². The van der Waals surface area contributed by atoms with Gasteiger partial charge in [-0.2, -0.15) is 0 Å². The molecule has 7 heteroatoms. The van der Waals surface area contributed by atoms with E-state index < -0.39 is 15.2 Å². The number of rotatable bonds is 3. The van der Waals surface area contributed by atoms with Crippen molar-refractivity contribution < 1.29 is 13.2 Å². The van der Waals surface area contributed by atoms with E-state index >= 15 is 0 Å². The Balaban J connectivity index is 2.40. The fourth-order valence-corrected chi connectivity index (χ4v) is 4.14. The number of hydrogen-bond acceptors (Lipinski definition) is 4. The van der Waals surface area contributed by atoms with Crippen molar-refractivity contribution in [3.8, 4) is 0 Å². The van der Waals surface area contributed by atoms with E-state index in [0.717, 1.165) is 0 Å². The number of thiocarbonyl (C=S) groups is 1. The molecule has 1 aliphatic rings. The molecule has 1 heterocycles. The Morgan fingerprint density at radius 2 is 2.19 bits per heavy atom. The summed E-state index contributed by atoms with van der Waals surface area (Å²) in [4.78, 5) is 0. The van der Waals surface area contributed by atoms with E-state index in [4.69, 9.17) is 28.6 Å². The molecular weight excluding hydrogens is 270 g/mol. The predicted molar refractivity (Wildman–Crippen MR) is 68.6 cm³/mol. The van der Waals surface area contributed by atoms with Crippen LogP contribution in [-0.2, 0) is 14.6 Å². The third kappa shape index (κ3) is 4.43. The van der Waals surface area contributed by atoms with Gasteiger partial charge < -0.3 is 10.1 Å². The summed E-state index contributed by atoms with van der Waals surface area (Å²) in [6.45, 7) is 4.53. The molecule has 0 spiro atoms. The van der Waals surface area contributed by atoms with Crippen molar-refractivity contribution in [2.75, 3.05) is 18.1 Å². The molecule has 4 nitrogen and oxygen atoms in total. The number of hydrogen-bond donors (Lipinski definition) is 1. The highest BCUT2D eigenvalue weighted by molar-refractivity contribution is 7.91. The lowest BCUT2D eigenvalue weighted by atomic mass is 10.2. The minimum atomic E-state index is -3.03. The molecule has 1 aliphatic heterocycles. The van der Waals surface area contributed by atoms with Crippen LogP contribution in [0.15, 0.2) is 0 Å². The van der Waals surface area contributed by atoms with Crippen molar-refractivity contribution >= 4 is 38.8 Å². The van der Waals surface area contributed by atoms with Crippen LogP contribution in [0.5, 0.6) is 0 Å². The Morgan fingerprint density at radius 3 is 2.62 bits per heavy atom. The van der Waals surface area contributed by atoms with Crippen LogP contribution in [0.4, 0.5) is 0 Å². The summed E-state index contributed by atoms with van der Waals surface area (Å²) in [5, 5.41) is 2.62. The standard InChI is InChI=1S/C9H16ClNO3S2/c1-6(2)3-14-9(15)11-8-5-16(12,13)4-7(8)10/h6-8H,3-5H2,1-2H3,(H,11,15)/t7-,8+/m0/s1. The van der Waals surface area contributed by atoms with E-state index in [2.05, 4.69) is 5.32 Å². The summed E-state index contributed by atoms with van der Waals surface area (Å²) in [6, 6.07) is -0.341. The lowest BCUT2D eigenvalue weighted by Gasteiger charge is -2.17. The fraction of sp³-hybridized carbons (Fsp3) is 0.889. The van der Waals surface area contributed by atoms with Gasteiger partial charge in [-0.3, -0.25) is 0 Å². The highest BCUT2D eigenvalue weighted by Crippen LogP contribution is 2.18. The molecule has 0 aromatic carbocycles. The van der Waals surface area contributed by atoms with Crippen molar-refractivity contribution in [1.82, 2.24) is 5.32 Å². The number of halogens is 1. The molecule has 1 N–H and O–H groups in total. The lowest BCUT2D eigenvalue weighted by Crippen LogP contribution is -2.41. The monoisotopic (exact) mass is 285 g/mol. The summed E-state index contributed by atoms with van der Waals surface area (Å²) in [7, 11) is -3.03. The van der Waals surface area contributed by atoms with Gasteiger partial charge in [-0.05, 0) is 18.1 Å². The maximum Gasteiger partial charge on any atom is 0.256 e. The maximum absolute atomic E-state index is 11.3. The minimum Gasteiger partial charge on any atom is -0.471 e. The molecule has 94 valence electrons. The van der Waals surface area contributed by atoms with Crippen molar-refractivity contribution in [1.29, 1.82) is 0 Å². The maximum atomic E-state index is 11.3. The van der Waals surface area contributed by atoms with E-state index in [-0.39, 0.29) is 22.7 Å². The summed E-state index contributed by atoms with van der Waals surface area (Å²) in [6.07, 6.45) is 0. The Morgan fingerprint density at radius 1 is 1.56 bits per heavy atom. The van der Waals surface area contributed by atoms with Gasteiger partial charge in [0.15, 0.2) is 9.84 Å². The Kier molecular flexibility index (Phi) is 4.82. The van der Waals surface area contributed by atoms with E-state index in [0.29, 0.717) is 12.5 Å². The van der Waals surface area contributed by atoms with Gasteiger partial charge in [0.05, 0.1) is 29.5 Å². The predicted octanol–water partition coefficient (Wildman–Crippen LogP) is 0.938. The second-order valence-corrected chi connectivity index (χ2v) is 7.42. The zero-order valence-electron chi connectivity index (χ0n) is 9.27. The molecule has 0 aliphatic carbocycles. The van der Waals surface area contributed by atoms with Crippen LogP contribution < -0.4 is 5.32 Å². The molecule has 0 radical (unpaired) electrons. The van der Waals surface area contributed by atoms with Gasteiger partial charge in [-0.15, -0.1) is 11.6 Å². The van der Waals surface area contributed by atoms with Gasteiger partial charge in [0.25, 0.3) is 5.17 Å². The van der Waals surface area contributed by atoms with Crippen molar-refractivity contribution in [3.63, 3.8) is 0 Å². The number of alkyl halides is 1. The summed E-state index contributed by atoms with van der Waals surface area (Å²) >= 11 is 10.9. The van der Waals surface area contributed by atoms with Gasteiger partial charge >= 0.3 is 0 Å². The smallest absolute Gasteiger partial charge is 0.256 e. The second-order valence-electron chi connectivity index (χ2n) is 4.34. The highest BCUT2D eigenvalue weighted by atomic mass is 35.5. The lowest BCUT2D eigenvalue weighted by molar-refractivity contribution is 0.251. The third-order valence-electron chi connectivity index (χ3n) is 2.13. The van der Waals surface area contributed by atoms with Crippen LogP contribution in [0.3, 0.4) is 0 Å². The zero-order valence-corrected chi connectivity index (χ0v) is 11.7. The zero-order chi connectivity index (χ0) is 12.3. The van der Waals surface area contributed by atoms with Crippen molar-refractivity contribution in [2.24, 2.45) is 5.92 Å². The molecule has 16 heavy (non-hydrogen) atoms. The topological polar surface area (TPSA) is 55.4 Å². The van der Waals surface area contributed by atoms with E-state index in [1.807, 2.05) is 13.8 Å². The highest BCUT2D eigenvalue weighted by Gasteiger charge is 2.36. The van der Waals surface area contributed by atoms with Crippen molar-refractivity contribution in [3.05, 3.63) is 0 Å². The summed E-state index contributed by atoms with van der Waals surface area (Å²) < 4.78 is 27.8. The molecule has 1 saturated heterocycles. The first-order chi connectivity index (χ1) is 7.30. The van der Waals surface area contributed by atoms with Gasteiger partial charge in [0, 0.05) is 0 Å². The molecule has 1 rings (SSSR count). The fourth-order valence-electron chi connectivity index (χ4n) is 1.37. The van der Waals surface area contributed by atoms with E-state index in [1.165, 1.54) is 0 Å². The largest absolute Gasteiger partial charge is 0.471 e. The molecular formula is C9H16ClNO3S2. The molecule has 1 fully saturated rings. The quantitative estimate of drug-likeness (QED) is 0.618. The molecule has 0 aromatic rings. The molecule has 2 atom stereocenters.